The van der Waals surface area contributed by atoms with Gasteiger partial charge in [-0.05, 0) is 30.2 Å². The minimum Gasteiger partial charge on any atom is -0.384 e. The van der Waals surface area contributed by atoms with Crippen molar-refractivity contribution in [2.75, 3.05) is 17.2 Å². The molecule has 0 unspecified atom stereocenters. The molecule has 1 aliphatic heterocycles. The van der Waals surface area contributed by atoms with Gasteiger partial charge < -0.3 is 15.2 Å². The molecule has 0 atom stereocenters. The molecule has 3 aromatic rings. The SMILES string of the molecule is O=[N+]([O-])c1ccc2c(c1NCc1ccc(-n3ccnc3)c(F)c1)CCN2. The Kier molecular flexibility index (Phi) is 4.00. The van der Waals surface area contributed by atoms with Crippen LogP contribution < -0.4 is 10.6 Å². The topological polar surface area (TPSA) is 85.0 Å². The average molecular weight is 353 g/mol. The fraction of sp³-hybridized carbons (Fsp3) is 0.167. The lowest BCUT2D eigenvalue weighted by molar-refractivity contribution is -0.384. The molecule has 0 bridgehead atoms. The van der Waals surface area contributed by atoms with Crippen molar-refractivity contribution in [1.82, 2.24) is 9.55 Å². The van der Waals surface area contributed by atoms with Crippen LogP contribution in [-0.4, -0.2) is 21.0 Å². The fourth-order valence-corrected chi connectivity index (χ4v) is 3.19. The van der Waals surface area contributed by atoms with Gasteiger partial charge in [0.05, 0.1) is 16.9 Å². The van der Waals surface area contributed by atoms with Gasteiger partial charge >= 0.3 is 0 Å². The van der Waals surface area contributed by atoms with Crippen LogP contribution in [0.2, 0.25) is 0 Å². The molecule has 0 aliphatic carbocycles. The van der Waals surface area contributed by atoms with E-state index in [0.29, 0.717) is 29.9 Å². The third-order valence-corrected chi connectivity index (χ3v) is 4.44. The molecule has 0 saturated heterocycles. The number of anilines is 2. The van der Waals surface area contributed by atoms with Gasteiger partial charge in [-0.3, -0.25) is 10.1 Å². The highest BCUT2D eigenvalue weighted by atomic mass is 19.1. The van der Waals surface area contributed by atoms with E-state index in [1.165, 1.54) is 18.5 Å². The van der Waals surface area contributed by atoms with Crippen LogP contribution in [0.3, 0.4) is 0 Å². The number of halogens is 1. The van der Waals surface area contributed by atoms with E-state index < -0.39 is 4.92 Å². The van der Waals surface area contributed by atoms with E-state index in [9.17, 15) is 14.5 Å². The number of hydrogen-bond acceptors (Lipinski definition) is 5. The number of aromatic nitrogens is 2. The standard InChI is InChI=1S/C18H16FN5O2/c19-14-9-12(1-3-16(14)23-8-7-20-11-23)10-22-18-13-5-6-21-15(13)2-4-17(18)24(25)26/h1-4,7-9,11,21-22H,5-6,10H2. The number of nitrogens with zero attached hydrogens (tertiary/aromatic N) is 3. The highest BCUT2D eigenvalue weighted by Crippen LogP contribution is 2.37. The number of imidazole rings is 1. The molecule has 26 heavy (non-hydrogen) atoms. The van der Waals surface area contributed by atoms with Gasteiger partial charge in [-0.15, -0.1) is 0 Å². The number of fused-ring (bicyclic) bond motifs is 1. The van der Waals surface area contributed by atoms with Crippen LogP contribution in [-0.2, 0) is 13.0 Å². The summed E-state index contributed by atoms with van der Waals surface area (Å²) >= 11 is 0. The van der Waals surface area contributed by atoms with Gasteiger partial charge in [-0.25, -0.2) is 9.37 Å². The average Bonchev–Trinajstić information content (AvgIpc) is 3.30. The maximum absolute atomic E-state index is 14.4. The molecule has 4 rings (SSSR count). The van der Waals surface area contributed by atoms with Crippen molar-refractivity contribution in [3.63, 3.8) is 0 Å². The summed E-state index contributed by atoms with van der Waals surface area (Å²) in [7, 11) is 0. The van der Waals surface area contributed by atoms with Gasteiger partial charge in [0.2, 0.25) is 0 Å². The zero-order chi connectivity index (χ0) is 18.1. The van der Waals surface area contributed by atoms with E-state index in [-0.39, 0.29) is 11.5 Å². The number of nitro groups is 1. The molecule has 0 fully saturated rings. The molecule has 1 aliphatic rings. The van der Waals surface area contributed by atoms with Crippen molar-refractivity contribution in [1.29, 1.82) is 0 Å². The summed E-state index contributed by atoms with van der Waals surface area (Å²) in [4.78, 5) is 14.9. The molecular weight excluding hydrogens is 337 g/mol. The second-order valence-corrected chi connectivity index (χ2v) is 6.03. The van der Waals surface area contributed by atoms with Crippen LogP contribution in [0.25, 0.3) is 5.69 Å². The third kappa shape index (κ3) is 2.85. The first-order valence-corrected chi connectivity index (χ1v) is 8.18. The highest BCUT2D eigenvalue weighted by Gasteiger charge is 2.23. The van der Waals surface area contributed by atoms with Crippen molar-refractivity contribution >= 4 is 17.1 Å². The second kappa shape index (κ2) is 6.47. The highest BCUT2D eigenvalue weighted by molar-refractivity contribution is 5.77. The second-order valence-electron chi connectivity index (χ2n) is 6.03. The summed E-state index contributed by atoms with van der Waals surface area (Å²) in [5.41, 5.74) is 3.43. The van der Waals surface area contributed by atoms with Crippen LogP contribution in [0.15, 0.2) is 49.1 Å². The molecule has 0 amide bonds. The van der Waals surface area contributed by atoms with Crippen molar-refractivity contribution in [3.8, 4) is 5.69 Å². The summed E-state index contributed by atoms with van der Waals surface area (Å²) in [5.74, 6) is -0.378. The van der Waals surface area contributed by atoms with Gasteiger partial charge in [0.25, 0.3) is 5.69 Å². The first-order chi connectivity index (χ1) is 12.6. The Bertz CT molecular complexity index is 972. The van der Waals surface area contributed by atoms with Gasteiger partial charge in [-0.1, -0.05) is 6.07 Å². The molecule has 8 heteroatoms. The largest absolute Gasteiger partial charge is 0.384 e. The van der Waals surface area contributed by atoms with E-state index >= 15 is 0 Å². The number of benzene rings is 2. The lowest BCUT2D eigenvalue weighted by Crippen LogP contribution is -2.06. The summed E-state index contributed by atoms with van der Waals surface area (Å²) in [6, 6.07) is 8.10. The molecule has 2 N–H and O–H groups in total. The lowest BCUT2D eigenvalue weighted by Gasteiger charge is -2.12. The Balaban J connectivity index is 1.59. The van der Waals surface area contributed by atoms with E-state index in [0.717, 1.165) is 17.8 Å². The van der Waals surface area contributed by atoms with Crippen molar-refractivity contribution in [2.24, 2.45) is 0 Å². The predicted molar refractivity (Wildman–Crippen MR) is 96.1 cm³/mol. The maximum Gasteiger partial charge on any atom is 0.292 e. The number of rotatable bonds is 5. The Labute approximate surface area is 148 Å². The van der Waals surface area contributed by atoms with E-state index in [1.54, 1.807) is 35.2 Å². The Hall–Kier alpha value is -3.42. The van der Waals surface area contributed by atoms with Crippen molar-refractivity contribution in [2.45, 2.75) is 13.0 Å². The Morgan fingerprint density at radius 3 is 2.96 bits per heavy atom. The van der Waals surface area contributed by atoms with Crippen LogP contribution in [0.5, 0.6) is 0 Å². The molecule has 2 aromatic carbocycles. The molecule has 0 spiro atoms. The maximum atomic E-state index is 14.4. The van der Waals surface area contributed by atoms with E-state index in [2.05, 4.69) is 15.6 Å². The van der Waals surface area contributed by atoms with Gasteiger partial charge in [0.15, 0.2) is 0 Å². The Morgan fingerprint density at radius 1 is 1.35 bits per heavy atom. The minimum absolute atomic E-state index is 0.0305. The minimum atomic E-state index is -0.399. The number of hydrogen-bond donors (Lipinski definition) is 2. The molecule has 2 heterocycles. The van der Waals surface area contributed by atoms with Crippen molar-refractivity contribution in [3.05, 3.63) is 76.1 Å². The molecule has 7 nitrogen and oxygen atoms in total. The molecule has 0 radical (unpaired) electrons. The molecule has 0 saturated carbocycles. The molecular formula is C18H16FN5O2. The molecule has 132 valence electrons. The Morgan fingerprint density at radius 2 is 2.23 bits per heavy atom. The van der Waals surface area contributed by atoms with Gasteiger partial charge in [0.1, 0.15) is 11.5 Å². The van der Waals surface area contributed by atoms with E-state index in [4.69, 9.17) is 0 Å². The van der Waals surface area contributed by atoms with Gasteiger partial charge in [-0.2, -0.15) is 0 Å². The predicted octanol–water partition coefficient (Wildman–Crippen LogP) is 3.50. The first-order valence-electron chi connectivity index (χ1n) is 8.18. The van der Waals surface area contributed by atoms with Gasteiger partial charge in [0, 0.05) is 42.8 Å². The normalized spacial score (nSPS) is 12.5. The number of nitrogens with one attached hydrogen (secondary N) is 2. The quantitative estimate of drug-likeness (QED) is 0.542. The van der Waals surface area contributed by atoms with E-state index in [1.807, 2.05) is 0 Å². The zero-order valence-corrected chi connectivity index (χ0v) is 13.8. The van der Waals surface area contributed by atoms with Crippen LogP contribution in [0.1, 0.15) is 11.1 Å². The fourth-order valence-electron chi connectivity index (χ4n) is 3.19. The monoisotopic (exact) mass is 353 g/mol. The first kappa shape index (κ1) is 16.1. The lowest BCUT2D eigenvalue weighted by atomic mass is 10.1. The van der Waals surface area contributed by atoms with Crippen LogP contribution in [0.4, 0.5) is 21.5 Å². The van der Waals surface area contributed by atoms with Crippen LogP contribution >= 0.6 is 0 Å². The smallest absolute Gasteiger partial charge is 0.292 e. The molecule has 1 aromatic heterocycles. The third-order valence-electron chi connectivity index (χ3n) is 4.44. The summed E-state index contributed by atoms with van der Waals surface area (Å²) in [6.07, 6.45) is 5.49. The summed E-state index contributed by atoms with van der Waals surface area (Å²) in [6.45, 7) is 1.04. The number of nitro benzene ring substituents is 1. The summed E-state index contributed by atoms with van der Waals surface area (Å²) in [5, 5.41) is 17.7. The summed E-state index contributed by atoms with van der Waals surface area (Å²) < 4.78 is 16.0. The zero-order valence-electron chi connectivity index (χ0n) is 13.8. The van der Waals surface area contributed by atoms with Crippen molar-refractivity contribution < 1.29 is 9.31 Å². The van der Waals surface area contributed by atoms with Crippen LogP contribution in [0, 0.1) is 15.9 Å².